The Hall–Kier alpha value is -2.42. The summed E-state index contributed by atoms with van der Waals surface area (Å²) in [5.74, 6) is 0.271. The van der Waals surface area contributed by atoms with E-state index in [1.807, 2.05) is 6.92 Å². The topological polar surface area (TPSA) is 73.3 Å². The maximum absolute atomic E-state index is 13.4. The second-order valence-corrected chi connectivity index (χ2v) is 7.71. The number of methoxy groups -OCH3 is 1. The number of aromatic amines is 1. The van der Waals surface area contributed by atoms with Crippen LogP contribution in [0.2, 0.25) is 0 Å². The molecule has 0 fully saturated rings. The third kappa shape index (κ3) is 3.28. The molecule has 0 saturated carbocycles. The zero-order valence-electron chi connectivity index (χ0n) is 15.5. The summed E-state index contributed by atoms with van der Waals surface area (Å²) in [6.45, 7) is 2.34. The molecule has 1 aliphatic heterocycles. The molecule has 146 valence electrons. The number of nitrogens with zero attached hydrogens (tertiary/aromatic N) is 1. The predicted molar refractivity (Wildman–Crippen MR) is 106 cm³/mol. The summed E-state index contributed by atoms with van der Waals surface area (Å²) in [7, 11) is 1.54. The van der Waals surface area contributed by atoms with Gasteiger partial charge in [0, 0.05) is 23.3 Å². The summed E-state index contributed by atoms with van der Waals surface area (Å²) in [6.07, 6.45) is -0.259. The van der Waals surface area contributed by atoms with Crippen LogP contribution < -0.4 is 11.2 Å². The zero-order chi connectivity index (χ0) is 19.8. The fourth-order valence-corrected chi connectivity index (χ4v) is 4.87. The summed E-state index contributed by atoms with van der Waals surface area (Å²) in [5, 5.41) is 0.456. The molecule has 0 amide bonds. The normalized spacial score (nSPS) is 16.3. The predicted octanol–water partition coefficient (Wildman–Crippen LogP) is 2.90. The molecule has 0 aliphatic carbocycles. The number of hydrogen-bond acceptors (Lipinski definition) is 5. The van der Waals surface area contributed by atoms with Crippen LogP contribution in [0.4, 0.5) is 4.39 Å². The van der Waals surface area contributed by atoms with Gasteiger partial charge in [0.15, 0.2) is 0 Å². The molecule has 1 atom stereocenters. The molecule has 28 heavy (non-hydrogen) atoms. The molecule has 0 spiro atoms. The minimum absolute atomic E-state index is 0.118. The smallest absolute Gasteiger partial charge is 0.328 e. The largest absolute Gasteiger partial charge is 0.359 e. The minimum atomic E-state index is -0.471. The van der Waals surface area contributed by atoms with Gasteiger partial charge in [-0.05, 0) is 36.2 Å². The molecule has 0 unspecified atom stereocenters. The van der Waals surface area contributed by atoms with Gasteiger partial charge in [0.2, 0.25) is 0 Å². The van der Waals surface area contributed by atoms with Gasteiger partial charge in [0.25, 0.3) is 5.56 Å². The van der Waals surface area contributed by atoms with Crippen LogP contribution in [0.1, 0.15) is 5.56 Å². The number of ether oxygens (including phenoxy) is 2. The Labute approximate surface area is 164 Å². The number of H-pyrrole nitrogens is 1. The number of thioether (sulfide) groups is 1. The zero-order valence-corrected chi connectivity index (χ0v) is 16.3. The molecule has 8 heteroatoms. The maximum Gasteiger partial charge on any atom is 0.328 e. The van der Waals surface area contributed by atoms with Gasteiger partial charge in [-0.15, -0.1) is 11.8 Å². The quantitative estimate of drug-likeness (QED) is 0.680. The minimum Gasteiger partial charge on any atom is -0.359 e. The van der Waals surface area contributed by atoms with Crippen LogP contribution in [0.5, 0.6) is 0 Å². The lowest BCUT2D eigenvalue weighted by Crippen LogP contribution is -2.34. The van der Waals surface area contributed by atoms with Gasteiger partial charge in [0.1, 0.15) is 12.6 Å². The summed E-state index contributed by atoms with van der Waals surface area (Å²) in [4.78, 5) is 28.3. The number of nitrogens with one attached hydrogen (secondary N) is 1. The van der Waals surface area contributed by atoms with Crippen LogP contribution in [0.3, 0.4) is 0 Å². The maximum atomic E-state index is 13.4. The first kappa shape index (κ1) is 18.9. The summed E-state index contributed by atoms with van der Waals surface area (Å²) in [6, 6.07) is 8.01. The molecule has 0 radical (unpaired) electrons. The van der Waals surface area contributed by atoms with Crippen molar-refractivity contribution < 1.29 is 13.9 Å². The van der Waals surface area contributed by atoms with E-state index in [1.54, 1.807) is 29.9 Å². The van der Waals surface area contributed by atoms with Gasteiger partial charge in [0.05, 0.1) is 23.6 Å². The van der Waals surface area contributed by atoms with Gasteiger partial charge < -0.3 is 9.47 Å². The average Bonchev–Trinajstić information content (AvgIpc) is 2.86. The van der Waals surface area contributed by atoms with Crippen LogP contribution in [-0.2, 0) is 16.0 Å². The summed E-state index contributed by atoms with van der Waals surface area (Å²) in [5.41, 5.74) is 2.31. The lowest BCUT2D eigenvalue weighted by molar-refractivity contribution is -0.0679. The lowest BCUT2D eigenvalue weighted by atomic mass is 9.98. The van der Waals surface area contributed by atoms with Crippen molar-refractivity contribution in [2.45, 2.75) is 24.5 Å². The average molecular weight is 402 g/mol. The molecule has 1 N–H and O–H groups in total. The van der Waals surface area contributed by atoms with E-state index < -0.39 is 11.2 Å². The van der Waals surface area contributed by atoms with E-state index in [9.17, 15) is 14.0 Å². The molecule has 2 heterocycles. The number of aryl methyl sites for hydroxylation is 1. The van der Waals surface area contributed by atoms with Crippen LogP contribution >= 0.6 is 11.8 Å². The molecular weight excluding hydrogens is 383 g/mol. The van der Waals surface area contributed by atoms with Crippen molar-refractivity contribution in [1.29, 1.82) is 0 Å². The van der Waals surface area contributed by atoms with Crippen LogP contribution in [0.25, 0.3) is 22.0 Å². The molecule has 0 bridgehead atoms. The molecule has 2 aromatic carbocycles. The van der Waals surface area contributed by atoms with Crippen molar-refractivity contribution in [3.05, 3.63) is 62.6 Å². The van der Waals surface area contributed by atoms with Gasteiger partial charge in [-0.1, -0.05) is 12.1 Å². The third-order valence-electron chi connectivity index (χ3n) is 4.79. The van der Waals surface area contributed by atoms with Crippen molar-refractivity contribution in [3.8, 4) is 11.1 Å². The van der Waals surface area contributed by atoms with Gasteiger partial charge in [-0.3, -0.25) is 14.3 Å². The first-order chi connectivity index (χ1) is 13.5. The second kappa shape index (κ2) is 7.54. The van der Waals surface area contributed by atoms with Gasteiger partial charge >= 0.3 is 5.69 Å². The van der Waals surface area contributed by atoms with Crippen LogP contribution in [0.15, 0.2) is 44.8 Å². The Bertz CT molecular complexity index is 1150. The third-order valence-corrected chi connectivity index (χ3v) is 6.01. The SMILES string of the molecule is COCO[C@H]1CSc2c(-c3ccc(F)cc3)c(C)cc3c(=O)[nH]c(=O)n(c23)C1. The Balaban J connectivity index is 2.00. The molecule has 0 saturated heterocycles. The Morgan fingerprint density at radius 3 is 2.75 bits per heavy atom. The number of benzene rings is 2. The van der Waals surface area contributed by atoms with Gasteiger partial charge in [-0.2, -0.15) is 0 Å². The highest BCUT2D eigenvalue weighted by Gasteiger charge is 2.25. The molecule has 1 aromatic heterocycles. The number of halogens is 1. The van der Waals surface area contributed by atoms with Crippen molar-refractivity contribution >= 4 is 22.7 Å². The molecule has 3 aromatic rings. The number of hydrogen-bond donors (Lipinski definition) is 1. The van der Waals surface area contributed by atoms with Crippen molar-refractivity contribution in [3.63, 3.8) is 0 Å². The number of rotatable bonds is 4. The first-order valence-electron chi connectivity index (χ1n) is 8.79. The summed E-state index contributed by atoms with van der Waals surface area (Å²) < 4.78 is 25.7. The standard InChI is InChI=1S/C20H19FN2O4S/c1-11-7-15-17-18(16(11)12-3-5-13(21)6-4-12)28-9-14(27-10-26-2)8-23(17)20(25)22-19(15)24/h3-7,14H,8-10H2,1-2H3,(H,22,24,25)/t14-/m1/s1. The van der Waals surface area contributed by atoms with Crippen LogP contribution in [-0.4, -0.2) is 35.3 Å². The highest BCUT2D eigenvalue weighted by molar-refractivity contribution is 7.99. The highest BCUT2D eigenvalue weighted by Crippen LogP contribution is 2.40. The van der Waals surface area contributed by atoms with Gasteiger partial charge in [-0.25, -0.2) is 9.18 Å². The summed E-state index contributed by atoms with van der Waals surface area (Å²) >= 11 is 1.53. The fraction of sp³-hybridized carbons (Fsp3) is 0.300. The van der Waals surface area contributed by atoms with E-state index in [0.717, 1.165) is 21.6 Å². The van der Waals surface area contributed by atoms with E-state index in [4.69, 9.17) is 9.47 Å². The molecule has 4 rings (SSSR count). The number of aromatic nitrogens is 2. The van der Waals surface area contributed by atoms with Crippen molar-refractivity contribution in [2.75, 3.05) is 19.7 Å². The van der Waals surface area contributed by atoms with E-state index in [-0.39, 0.29) is 18.7 Å². The van der Waals surface area contributed by atoms with Crippen LogP contribution in [0, 0.1) is 12.7 Å². The lowest BCUT2D eigenvalue weighted by Gasteiger charge is -2.16. The highest BCUT2D eigenvalue weighted by atomic mass is 32.2. The molecule has 6 nitrogen and oxygen atoms in total. The van der Waals surface area contributed by atoms with Crippen molar-refractivity contribution in [1.82, 2.24) is 9.55 Å². The Morgan fingerprint density at radius 2 is 2.04 bits per heavy atom. The van der Waals surface area contributed by atoms with E-state index in [1.165, 1.54) is 23.9 Å². The molecule has 1 aliphatic rings. The molecular formula is C20H19FN2O4S. The Morgan fingerprint density at radius 1 is 1.29 bits per heavy atom. The first-order valence-corrected chi connectivity index (χ1v) is 9.78. The van der Waals surface area contributed by atoms with E-state index >= 15 is 0 Å². The van der Waals surface area contributed by atoms with E-state index in [0.29, 0.717) is 23.2 Å². The fourth-order valence-electron chi connectivity index (χ4n) is 3.54. The monoisotopic (exact) mass is 402 g/mol. The Kier molecular flexibility index (Phi) is 5.09. The van der Waals surface area contributed by atoms with E-state index in [2.05, 4.69) is 4.98 Å². The van der Waals surface area contributed by atoms with Crippen molar-refractivity contribution in [2.24, 2.45) is 0 Å². The second-order valence-electron chi connectivity index (χ2n) is 6.68.